The van der Waals surface area contributed by atoms with Crippen LogP contribution in [0.5, 0.6) is 0 Å². The molecule has 0 saturated heterocycles. The molecule has 3 N–H and O–H groups in total. The van der Waals surface area contributed by atoms with Gasteiger partial charge < -0.3 is 10.8 Å². The Labute approximate surface area is 124 Å². The van der Waals surface area contributed by atoms with Gasteiger partial charge in [-0.3, -0.25) is 4.98 Å². The van der Waals surface area contributed by atoms with Crippen molar-refractivity contribution in [3.63, 3.8) is 0 Å². The summed E-state index contributed by atoms with van der Waals surface area (Å²) >= 11 is 3.28. The lowest BCUT2D eigenvalue weighted by Gasteiger charge is -2.14. The molecule has 6 heteroatoms. The molecule has 2 rings (SSSR count). The number of rotatable bonds is 2. The van der Waals surface area contributed by atoms with Crippen LogP contribution in [0.15, 0.2) is 47.2 Å². The summed E-state index contributed by atoms with van der Waals surface area (Å²) in [6, 6.07) is 5.80. The molecule has 2 unspecified atom stereocenters. The van der Waals surface area contributed by atoms with Crippen LogP contribution in [0.3, 0.4) is 0 Å². The van der Waals surface area contributed by atoms with E-state index in [1.54, 1.807) is 19.3 Å². The lowest BCUT2D eigenvalue weighted by Crippen LogP contribution is -2.23. The van der Waals surface area contributed by atoms with Gasteiger partial charge in [-0.1, -0.05) is 0 Å². The highest BCUT2D eigenvalue weighted by Gasteiger charge is 2.11. The molecule has 2 aromatic rings. The average molecular weight is 345 g/mol. The molecule has 0 spiro atoms. The highest BCUT2D eigenvalue weighted by atomic mass is 79.9. The fraction of sp³-hybridized carbons (Fsp3) is 0.214. The Hall–Kier alpha value is -1.37. The van der Waals surface area contributed by atoms with Crippen molar-refractivity contribution >= 4 is 15.9 Å². The third-order valence-electron chi connectivity index (χ3n) is 2.43. The van der Waals surface area contributed by atoms with Gasteiger partial charge in [0, 0.05) is 16.9 Å². The van der Waals surface area contributed by atoms with Crippen LogP contribution in [0.4, 0.5) is 8.78 Å². The second kappa shape index (κ2) is 8.04. The van der Waals surface area contributed by atoms with Gasteiger partial charge in [0.15, 0.2) is 0 Å². The zero-order valence-corrected chi connectivity index (χ0v) is 12.4. The van der Waals surface area contributed by atoms with Crippen LogP contribution in [-0.2, 0) is 0 Å². The van der Waals surface area contributed by atoms with E-state index in [9.17, 15) is 13.9 Å². The zero-order chi connectivity index (χ0) is 15.1. The molecule has 0 bridgehead atoms. The van der Waals surface area contributed by atoms with E-state index in [-0.39, 0.29) is 6.04 Å². The van der Waals surface area contributed by atoms with Crippen LogP contribution in [0.2, 0.25) is 0 Å². The van der Waals surface area contributed by atoms with E-state index in [1.165, 1.54) is 0 Å². The molecular formula is C14H15BrF2N2O. The van der Waals surface area contributed by atoms with Gasteiger partial charge in [-0.15, -0.1) is 0 Å². The van der Waals surface area contributed by atoms with Crippen molar-refractivity contribution in [1.29, 1.82) is 0 Å². The molecule has 0 fully saturated rings. The standard InChI is InChI=1S/C8H11BrN2O.C6H4F2/c1-5(12)8(10)6-2-7(9)4-11-3-6;7-5-1-2-6(8)4-3-5/h2-5,8,12H,10H2,1H3;1-4H. The maximum absolute atomic E-state index is 11.9. The predicted octanol–water partition coefficient (Wildman–Crippen LogP) is 3.19. The number of halogens is 3. The molecule has 1 aromatic heterocycles. The summed E-state index contributed by atoms with van der Waals surface area (Å²) in [4.78, 5) is 3.95. The summed E-state index contributed by atoms with van der Waals surface area (Å²) in [6.07, 6.45) is 2.78. The summed E-state index contributed by atoms with van der Waals surface area (Å²) in [7, 11) is 0. The van der Waals surface area contributed by atoms with Crippen LogP contribution in [0, 0.1) is 11.6 Å². The number of aromatic nitrogens is 1. The van der Waals surface area contributed by atoms with Crippen molar-refractivity contribution in [1.82, 2.24) is 4.98 Å². The van der Waals surface area contributed by atoms with Crippen molar-refractivity contribution in [2.24, 2.45) is 5.73 Å². The summed E-state index contributed by atoms with van der Waals surface area (Å²) < 4.78 is 24.7. The van der Waals surface area contributed by atoms with Crippen molar-refractivity contribution in [3.05, 3.63) is 64.4 Å². The third-order valence-corrected chi connectivity index (χ3v) is 2.87. The Balaban J connectivity index is 0.000000217. The molecule has 3 nitrogen and oxygen atoms in total. The van der Waals surface area contributed by atoms with Gasteiger partial charge in [0.1, 0.15) is 11.6 Å². The van der Waals surface area contributed by atoms with E-state index in [0.29, 0.717) is 0 Å². The zero-order valence-electron chi connectivity index (χ0n) is 10.8. The fourth-order valence-corrected chi connectivity index (χ4v) is 1.70. The van der Waals surface area contributed by atoms with Crippen molar-refractivity contribution in [3.8, 4) is 0 Å². The Kier molecular flexibility index (Phi) is 6.70. The highest BCUT2D eigenvalue weighted by molar-refractivity contribution is 9.10. The Bertz CT molecular complexity index is 514. The number of pyridine rings is 1. The first-order valence-corrected chi connectivity index (χ1v) is 6.64. The van der Waals surface area contributed by atoms with E-state index in [4.69, 9.17) is 5.73 Å². The van der Waals surface area contributed by atoms with Crippen molar-refractivity contribution in [2.45, 2.75) is 19.1 Å². The summed E-state index contributed by atoms with van der Waals surface area (Å²) in [5.41, 5.74) is 6.53. The molecule has 0 radical (unpaired) electrons. The molecular weight excluding hydrogens is 330 g/mol. The molecule has 1 heterocycles. The minimum absolute atomic E-state index is 0.366. The van der Waals surface area contributed by atoms with Crippen LogP contribution < -0.4 is 5.73 Å². The van der Waals surface area contributed by atoms with Gasteiger partial charge in [0.25, 0.3) is 0 Å². The number of benzene rings is 1. The second-order valence-electron chi connectivity index (χ2n) is 4.14. The third kappa shape index (κ3) is 5.73. The molecule has 1 aromatic carbocycles. The predicted molar refractivity (Wildman–Crippen MR) is 76.9 cm³/mol. The summed E-state index contributed by atoms with van der Waals surface area (Å²) in [5, 5.41) is 9.20. The largest absolute Gasteiger partial charge is 0.391 e. The Morgan fingerprint density at radius 3 is 2.05 bits per heavy atom. The molecule has 2 atom stereocenters. The second-order valence-corrected chi connectivity index (χ2v) is 5.05. The van der Waals surface area contributed by atoms with Crippen LogP contribution in [0.25, 0.3) is 0 Å². The molecule has 0 aliphatic carbocycles. The first kappa shape index (κ1) is 16.7. The van der Waals surface area contributed by atoms with Gasteiger partial charge in [-0.2, -0.15) is 0 Å². The van der Waals surface area contributed by atoms with Gasteiger partial charge in [-0.25, -0.2) is 8.78 Å². The maximum Gasteiger partial charge on any atom is 0.123 e. The van der Waals surface area contributed by atoms with Gasteiger partial charge >= 0.3 is 0 Å². The number of aliphatic hydroxyl groups is 1. The topological polar surface area (TPSA) is 59.1 Å². The number of aliphatic hydroxyl groups excluding tert-OH is 1. The van der Waals surface area contributed by atoms with Crippen molar-refractivity contribution in [2.75, 3.05) is 0 Å². The number of hydrogen-bond acceptors (Lipinski definition) is 3. The van der Waals surface area contributed by atoms with Crippen LogP contribution >= 0.6 is 15.9 Å². The molecule has 108 valence electrons. The summed E-state index contributed by atoms with van der Waals surface area (Å²) in [6.45, 7) is 1.66. The van der Waals surface area contributed by atoms with E-state index >= 15 is 0 Å². The van der Waals surface area contributed by atoms with Crippen molar-refractivity contribution < 1.29 is 13.9 Å². The number of nitrogens with zero attached hydrogens (tertiary/aromatic N) is 1. The van der Waals surface area contributed by atoms with E-state index in [2.05, 4.69) is 20.9 Å². The number of nitrogens with two attached hydrogens (primary N) is 1. The SMILES string of the molecule is CC(O)C(N)c1cncc(Br)c1.Fc1ccc(F)cc1. The van der Waals surface area contributed by atoms with E-state index < -0.39 is 17.7 Å². The average Bonchev–Trinajstić information content (AvgIpc) is 2.42. The minimum Gasteiger partial charge on any atom is -0.391 e. The monoisotopic (exact) mass is 344 g/mol. The van der Waals surface area contributed by atoms with Crippen LogP contribution in [-0.4, -0.2) is 16.2 Å². The van der Waals surface area contributed by atoms with Gasteiger partial charge in [0.2, 0.25) is 0 Å². The van der Waals surface area contributed by atoms with Crippen LogP contribution in [0.1, 0.15) is 18.5 Å². The molecule has 0 aliphatic heterocycles. The lowest BCUT2D eigenvalue weighted by molar-refractivity contribution is 0.164. The van der Waals surface area contributed by atoms with E-state index in [1.807, 2.05) is 6.07 Å². The Morgan fingerprint density at radius 1 is 1.15 bits per heavy atom. The van der Waals surface area contributed by atoms with E-state index in [0.717, 1.165) is 34.3 Å². The number of hydrogen-bond donors (Lipinski definition) is 2. The molecule has 0 amide bonds. The lowest BCUT2D eigenvalue weighted by atomic mass is 10.1. The highest BCUT2D eigenvalue weighted by Crippen LogP contribution is 2.17. The fourth-order valence-electron chi connectivity index (χ4n) is 1.32. The Morgan fingerprint density at radius 2 is 1.65 bits per heavy atom. The maximum atomic E-state index is 11.9. The minimum atomic E-state index is -0.555. The van der Waals surface area contributed by atoms with Gasteiger partial charge in [0.05, 0.1) is 12.1 Å². The molecule has 0 saturated carbocycles. The normalized spacial score (nSPS) is 13.1. The first-order valence-electron chi connectivity index (χ1n) is 5.85. The summed E-state index contributed by atoms with van der Waals surface area (Å²) in [5.74, 6) is -0.821. The van der Waals surface area contributed by atoms with Gasteiger partial charge in [-0.05, 0) is 58.7 Å². The molecule has 0 aliphatic rings. The molecule has 20 heavy (non-hydrogen) atoms. The first-order chi connectivity index (χ1) is 9.40. The quantitative estimate of drug-likeness (QED) is 0.879. The smallest absolute Gasteiger partial charge is 0.123 e.